The highest BCUT2D eigenvalue weighted by molar-refractivity contribution is 6.30. The van der Waals surface area contributed by atoms with Crippen molar-refractivity contribution in [2.24, 2.45) is 11.8 Å². The first-order valence-electron chi connectivity index (χ1n) is 8.87. The fourth-order valence-electron chi connectivity index (χ4n) is 3.81. The summed E-state index contributed by atoms with van der Waals surface area (Å²) in [6.45, 7) is 2.06. The van der Waals surface area contributed by atoms with Gasteiger partial charge < -0.3 is 5.32 Å². The molecule has 0 radical (unpaired) electrons. The number of carbonyl (C=O) groups is 3. The molecule has 1 saturated heterocycles. The van der Waals surface area contributed by atoms with Gasteiger partial charge in [0.2, 0.25) is 17.7 Å². The van der Waals surface area contributed by atoms with Gasteiger partial charge in [-0.1, -0.05) is 36.6 Å². The van der Waals surface area contributed by atoms with Crippen molar-refractivity contribution < 1.29 is 14.4 Å². The minimum Gasteiger partial charge on any atom is -0.350 e. The summed E-state index contributed by atoms with van der Waals surface area (Å²) < 4.78 is 0. The standard InChI is InChI=1S/C19H23ClN2O3/c1-12(13-6-8-14(20)9-7-13)21-17(23)10-11-22-18(24)15-4-2-3-5-16(15)19(22)25/h6-9,12,15-16H,2-5,10-11H2,1H3,(H,21,23)/t12-,15-,16+/m0/s1. The molecule has 0 aromatic heterocycles. The van der Waals surface area contributed by atoms with E-state index >= 15 is 0 Å². The van der Waals surface area contributed by atoms with Crippen LogP contribution in [0.1, 0.15) is 50.6 Å². The summed E-state index contributed by atoms with van der Waals surface area (Å²) in [6, 6.07) is 7.14. The van der Waals surface area contributed by atoms with Gasteiger partial charge in [0.1, 0.15) is 0 Å². The maximum Gasteiger partial charge on any atom is 0.233 e. The number of hydrogen-bond donors (Lipinski definition) is 1. The van der Waals surface area contributed by atoms with Crippen LogP contribution in [0.5, 0.6) is 0 Å². The lowest BCUT2D eigenvalue weighted by Crippen LogP contribution is -2.36. The number of nitrogens with one attached hydrogen (secondary N) is 1. The predicted octanol–water partition coefficient (Wildman–Crippen LogP) is 3.08. The molecule has 5 nitrogen and oxygen atoms in total. The molecule has 1 aliphatic heterocycles. The van der Waals surface area contributed by atoms with Crippen LogP contribution in [-0.4, -0.2) is 29.2 Å². The molecule has 3 atom stereocenters. The highest BCUT2D eigenvalue weighted by atomic mass is 35.5. The van der Waals surface area contributed by atoms with E-state index in [1.807, 2.05) is 19.1 Å². The maximum atomic E-state index is 12.4. The van der Waals surface area contributed by atoms with Crippen molar-refractivity contribution in [3.63, 3.8) is 0 Å². The van der Waals surface area contributed by atoms with Gasteiger partial charge in [-0.05, 0) is 37.5 Å². The summed E-state index contributed by atoms with van der Waals surface area (Å²) in [7, 11) is 0. The second-order valence-corrected chi connectivity index (χ2v) is 7.35. The molecule has 2 fully saturated rings. The van der Waals surface area contributed by atoms with Crippen LogP contribution in [0.4, 0.5) is 0 Å². The van der Waals surface area contributed by atoms with E-state index in [1.165, 1.54) is 4.90 Å². The second-order valence-electron chi connectivity index (χ2n) is 6.92. The monoisotopic (exact) mass is 362 g/mol. The van der Waals surface area contributed by atoms with Gasteiger partial charge in [0.05, 0.1) is 17.9 Å². The average molecular weight is 363 g/mol. The SMILES string of the molecule is C[C@H](NC(=O)CCN1C(=O)[C@H]2CCCC[C@H]2C1=O)c1ccc(Cl)cc1. The van der Waals surface area contributed by atoms with Crippen LogP contribution in [0.3, 0.4) is 0 Å². The van der Waals surface area contributed by atoms with Crippen LogP contribution < -0.4 is 5.32 Å². The number of imide groups is 1. The first kappa shape index (κ1) is 17.9. The molecule has 0 unspecified atom stereocenters. The van der Waals surface area contributed by atoms with Crippen molar-refractivity contribution in [1.29, 1.82) is 0 Å². The van der Waals surface area contributed by atoms with Crippen LogP contribution in [0.25, 0.3) is 0 Å². The van der Waals surface area contributed by atoms with Gasteiger partial charge >= 0.3 is 0 Å². The van der Waals surface area contributed by atoms with E-state index in [1.54, 1.807) is 12.1 Å². The average Bonchev–Trinajstić information content (AvgIpc) is 2.85. The van der Waals surface area contributed by atoms with Crippen LogP contribution >= 0.6 is 11.6 Å². The number of likely N-dealkylation sites (tertiary alicyclic amines) is 1. The maximum absolute atomic E-state index is 12.4. The number of hydrogen-bond acceptors (Lipinski definition) is 3. The number of nitrogens with zero attached hydrogens (tertiary/aromatic N) is 1. The Hall–Kier alpha value is -1.88. The molecular formula is C19H23ClN2O3. The van der Waals surface area contributed by atoms with Crippen LogP contribution in [0.2, 0.25) is 5.02 Å². The molecule has 1 N–H and O–H groups in total. The lowest BCUT2D eigenvalue weighted by Gasteiger charge is -2.19. The van der Waals surface area contributed by atoms with Gasteiger partial charge in [-0.3, -0.25) is 19.3 Å². The summed E-state index contributed by atoms with van der Waals surface area (Å²) in [5.74, 6) is -0.658. The van der Waals surface area contributed by atoms with Gasteiger partial charge in [0.15, 0.2) is 0 Å². The number of amides is 3. The molecule has 6 heteroatoms. The smallest absolute Gasteiger partial charge is 0.233 e. The zero-order valence-corrected chi connectivity index (χ0v) is 15.1. The van der Waals surface area contributed by atoms with E-state index in [0.29, 0.717) is 5.02 Å². The normalized spacial score (nSPS) is 24.2. The minimum atomic E-state index is -0.169. The lowest BCUT2D eigenvalue weighted by atomic mass is 9.81. The molecule has 3 rings (SSSR count). The van der Waals surface area contributed by atoms with Crippen molar-refractivity contribution in [1.82, 2.24) is 10.2 Å². The first-order valence-corrected chi connectivity index (χ1v) is 9.25. The van der Waals surface area contributed by atoms with E-state index in [2.05, 4.69) is 5.32 Å². The molecule has 0 spiro atoms. The lowest BCUT2D eigenvalue weighted by molar-refractivity contribution is -0.140. The molecule has 3 amide bonds. The second kappa shape index (κ2) is 7.56. The number of halogens is 1. The Morgan fingerprint density at radius 3 is 2.28 bits per heavy atom. The minimum absolute atomic E-state index is 0.0896. The molecule has 1 heterocycles. The highest BCUT2D eigenvalue weighted by Gasteiger charge is 2.47. The van der Waals surface area contributed by atoms with Crippen molar-refractivity contribution in [3.05, 3.63) is 34.9 Å². The van der Waals surface area contributed by atoms with Crippen molar-refractivity contribution in [2.75, 3.05) is 6.54 Å². The van der Waals surface area contributed by atoms with Crippen LogP contribution in [0.15, 0.2) is 24.3 Å². The molecule has 1 aliphatic carbocycles. The third-order valence-corrected chi connectivity index (χ3v) is 5.49. The summed E-state index contributed by atoms with van der Waals surface area (Å²) in [4.78, 5) is 38.3. The first-order chi connectivity index (χ1) is 12.0. The molecule has 0 bridgehead atoms. The van der Waals surface area contributed by atoms with Crippen molar-refractivity contribution in [3.8, 4) is 0 Å². The van der Waals surface area contributed by atoms with Gasteiger partial charge in [-0.15, -0.1) is 0 Å². The van der Waals surface area contributed by atoms with E-state index in [9.17, 15) is 14.4 Å². The van der Waals surface area contributed by atoms with E-state index in [0.717, 1.165) is 31.2 Å². The topological polar surface area (TPSA) is 66.5 Å². The van der Waals surface area contributed by atoms with Gasteiger partial charge in [-0.2, -0.15) is 0 Å². The van der Waals surface area contributed by atoms with E-state index in [-0.39, 0.29) is 48.6 Å². The Morgan fingerprint density at radius 2 is 1.72 bits per heavy atom. The fourth-order valence-corrected chi connectivity index (χ4v) is 3.94. The Kier molecular flexibility index (Phi) is 5.42. The Bertz CT molecular complexity index is 650. The van der Waals surface area contributed by atoms with Crippen molar-refractivity contribution in [2.45, 2.75) is 45.1 Å². The van der Waals surface area contributed by atoms with E-state index < -0.39 is 0 Å². The summed E-state index contributed by atoms with van der Waals surface area (Å²) in [6.07, 6.45) is 3.74. The largest absolute Gasteiger partial charge is 0.350 e. The Morgan fingerprint density at radius 1 is 1.16 bits per heavy atom. The van der Waals surface area contributed by atoms with Gasteiger partial charge in [-0.25, -0.2) is 0 Å². The number of fused-ring (bicyclic) bond motifs is 1. The predicted molar refractivity (Wildman–Crippen MR) is 94.8 cm³/mol. The van der Waals surface area contributed by atoms with E-state index in [4.69, 9.17) is 11.6 Å². The van der Waals surface area contributed by atoms with Gasteiger partial charge in [0, 0.05) is 18.0 Å². The van der Waals surface area contributed by atoms with Crippen molar-refractivity contribution >= 4 is 29.3 Å². The molecular weight excluding hydrogens is 340 g/mol. The Balaban J connectivity index is 1.52. The van der Waals surface area contributed by atoms with Gasteiger partial charge in [0.25, 0.3) is 0 Å². The quantitative estimate of drug-likeness (QED) is 0.818. The zero-order chi connectivity index (χ0) is 18.0. The summed E-state index contributed by atoms with van der Waals surface area (Å²) in [5.41, 5.74) is 0.956. The third kappa shape index (κ3) is 3.87. The Labute approximate surface area is 152 Å². The number of rotatable bonds is 5. The third-order valence-electron chi connectivity index (χ3n) is 5.24. The zero-order valence-electron chi connectivity index (χ0n) is 14.3. The molecule has 2 aliphatic rings. The number of carbonyl (C=O) groups excluding carboxylic acids is 3. The molecule has 1 aromatic rings. The number of benzene rings is 1. The molecule has 134 valence electrons. The summed E-state index contributed by atoms with van der Waals surface area (Å²) in [5, 5.41) is 3.55. The summed E-state index contributed by atoms with van der Waals surface area (Å²) >= 11 is 5.87. The molecule has 25 heavy (non-hydrogen) atoms. The molecule has 1 aromatic carbocycles. The van der Waals surface area contributed by atoms with Crippen LogP contribution in [0, 0.1) is 11.8 Å². The fraction of sp³-hybridized carbons (Fsp3) is 0.526. The van der Waals surface area contributed by atoms with Crippen LogP contribution in [-0.2, 0) is 14.4 Å². The molecule has 1 saturated carbocycles. The highest BCUT2D eigenvalue weighted by Crippen LogP contribution is 2.37.